The number of hydrogen-bond acceptors (Lipinski definition) is 3. The zero-order valence-electron chi connectivity index (χ0n) is 9.68. The normalized spacial score (nSPS) is 10.4. The summed E-state index contributed by atoms with van der Waals surface area (Å²) in [6, 6.07) is 4.61. The Morgan fingerprint density at radius 2 is 2.12 bits per heavy atom. The predicted octanol–water partition coefficient (Wildman–Crippen LogP) is 1.07. The lowest BCUT2D eigenvalue weighted by Gasteiger charge is -2.24. The molecule has 0 unspecified atom stereocenters. The predicted molar refractivity (Wildman–Crippen MR) is 64.6 cm³/mol. The van der Waals surface area contributed by atoms with Crippen LogP contribution in [0.25, 0.3) is 0 Å². The largest absolute Gasteiger partial charge is 0.368 e. The number of carbonyl (C=O) groups is 2. The monoisotopic (exact) mass is 255 g/mol. The number of rotatable bonds is 4. The van der Waals surface area contributed by atoms with Gasteiger partial charge in [0.15, 0.2) is 0 Å². The Morgan fingerprint density at radius 1 is 1.47 bits per heavy atom. The molecule has 0 bridgehead atoms. The highest BCUT2D eigenvalue weighted by Crippen LogP contribution is 2.09. The van der Waals surface area contributed by atoms with Crippen LogP contribution in [0.5, 0.6) is 0 Å². The van der Waals surface area contributed by atoms with Crippen molar-refractivity contribution < 1.29 is 9.59 Å². The summed E-state index contributed by atoms with van der Waals surface area (Å²) in [4.78, 5) is 28.2. The minimum Gasteiger partial charge on any atom is -0.368 e. The zero-order valence-corrected chi connectivity index (χ0v) is 10.4. The Hall–Kier alpha value is -1.62. The molecule has 1 aromatic rings. The van der Waals surface area contributed by atoms with E-state index in [1.54, 1.807) is 32.0 Å². The van der Waals surface area contributed by atoms with Gasteiger partial charge in [-0.3, -0.25) is 9.59 Å². The number of carbonyl (C=O) groups excluding carboxylic acids is 2. The minimum absolute atomic E-state index is 0.134. The quantitative estimate of drug-likeness (QED) is 0.818. The van der Waals surface area contributed by atoms with Crippen LogP contribution in [0.15, 0.2) is 18.2 Å². The van der Waals surface area contributed by atoms with Crippen molar-refractivity contribution in [2.45, 2.75) is 19.9 Å². The van der Waals surface area contributed by atoms with Crippen molar-refractivity contribution in [1.29, 1.82) is 0 Å². The van der Waals surface area contributed by atoms with Crippen LogP contribution < -0.4 is 5.73 Å². The Labute approximate surface area is 105 Å². The summed E-state index contributed by atoms with van der Waals surface area (Å²) < 4.78 is 0. The number of nitrogens with zero attached hydrogens (tertiary/aromatic N) is 2. The second-order valence-electron chi connectivity index (χ2n) is 3.84. The van der Waals surface area contributed by atoms with Crippen LogP contribution in [0.4, 0.5) is 0 Å². The molecule has 0 saturated carbocycles. The Kier molecular flexibility index (Phi) is 4.45. The SMILES string of the molecule is CC(C)N(CC(N)=O)C(=O)c1cccc(Cl)n1. The second kappa shape index (κ2) is 5.63. The molecule has 6 heteroatoms. The Morgan fingerprint density at radius 3 is 2.59 bits per heavy atom. The number of pyridine rings is 1. The van der Waals surface area contributed by atoms with Gasteiger partial charge in [-0.15, -0.1) is 0 Å². The molecule has 0 fully saturated rings. The van der Waals surface area contributed by atoms with Gasteiger partial charge >= 0.3 is 0 Å². The van der Waals surface area contributed by atoms with Crippen LogP contribution >= 0.6 is 11.6 Å². The first-order valence-electron chi connectivity index (χ1n) is 5.13. The van der Waals surface area contributed by atoms with Gasteiger partial charge in [-0.25, -0.2) is 4.98 Å². The van der Waals surface area contributed by atoms with E-state index in [1.165, 1.54) is 4.90 Å². The molecule has 1 rings (SSSR count). The maximum Gasteiger partial charge on any atom is 0.273 e. The number of aromatic nitrogens is 1. The molecule has 0 radical (unpaired) electrons. The summed E-state index contributed by atoms with van der Waals surface area (Å²) in [5.41, 5.74) is 5.30. The topological polar surface area (TPSA) is 76.3 Å². The van der Waals surface area contributed by atoms with Crippen LogP contribution in [0.1, 0.15) is 24.3 Å². The standard InChI is InChI=1S/C11H14ClN3O2/c1-7(2)15(6-10(13)16)11(17)8-4-3-5-9(12)14-8/h3-5,7H,6H2,1-2H3,(H2,13,16). The van der Waals surface area contributed by atoms with Crippen molar-refractivity contribution in [2.75, 3.05) is 6.54 Å². The molecular weight excluding hydrogens is 242 g/mol. The summed E-state index contributed by atoms with van der Waals surface area (Å²) >= 11 is 5.71. The fourth-order valence-corrected chi connectivity index (χ4v) is 1.50. The van der Waals surface area contributed by atoms with Crippen molar-refractivity contribution in [1.82, 2.24) is 9.88 Å². The molecule has 1 aromatic heterocycles. The number of primary amides is 1. The third-order valence-corrected chi connectivity index (χ3v) is 2.36. The smallest absolute Gasteiger partial charge is 0.273 e. The van der Waals surface area contributed by atoms with Crippen LogP contribution in [0, 0.1) is 0 Å². The summed E-state index contributed by atoms with van der Waals surface area (Å²) in [7, 11) is 0. The van der Waals surface area contributed by atoms with E-state index >= 15 is 0 Å². The lowest BCUT2D eigenvalue weighted by molar-refractivity contribution is -0.119. The average Bonchev–Trinajstić information content (AvgIpc) is 2.24. The average molecular weight is 256 g/mol. The summed E-state index contributed by atoms with van der Waals surface area (Å²) in [6.45, 7) is 3.46. The van der Waals surface area contributed by atoms with Gasteiger partial charge in [0.05, 0.1) is 6.54 Å². The molecule has 5 nitrogen and oxygen atoms in total. The molecule has 17 heavy (non-hydrogen) atoms. The van der Waals surface area contributed by atoms with Crippen molar-refractivity contribution in [3.05, 3.63) is 29.0 Å². The summed E-state index contributed by atoms with van der Waals surface area (Å²) in [6.07, 6.45) is 0. The van der Waals surface area contributed by atoms with Gasteiger partial charge in [0, 0.05) is 6.04 Å². The van der Waals surface area contributed by atoms with E-state index in [9.17, 15) is 9.59 Å². The summed E-state index contributed by atoms with van der Waals surface area (Å²) in [5.74, 6) is -0.921. The molecule has 0 aliphatic carbocycles. The lowest BCUT2D eigenvalue weighted by Crippen LogP contribution is -2.43. The van der Waals surface area contributed by atoms with Gasteiger partial charge in [-0.05, 0) is 26.0 Å². The maximum atomic E-state index is 12.1. The van der Waals surface area contributed by atoms with Crippen molar-refractivity contribution in [3.8, 4) is 0 Å². The third-order valence-electron chi connectivity index (χ3n) is 2.14. The third kappa shape index (κ3) is 3.71. The van der Waals surface area contributed by atoms with E-state index < -0.39 is 5.91 Å². The zero-order chi connectivity index (χ0) is 13.0. The highest BCUT2D eigenvalue weighted by molar-refractivity contribution is 6.29. The fourth-order valence-electron chi connectivity index (χ4n) is 1.33. The van der Waals surface area contributed by atoms with Crippen molar-refractivity contribution in [2.24, 2.45) is 5.73 Å². The minimum atomic E-state index is -0.561. The second-order valence-corrected chi connectivity index (χ2v) is 4.23. The first kappa shape index (κ1) is 13.4. The molecule has 0 aromatic carbocycles. The molecule has 0 atom stereocenters. The van der Waals surface area contributed by atoms with Gasteiger partial charge in [-0.1, -0.05) is 17.7 Å². The van der Waals surface area contributed by atoms with Gasteiger partial charge < -0.3 is 10.6 Å². The molecule has 2 amide bonds. The van der Waals surface area contributed by atoms with Crippen LogP contribution in [0.3, 0.4) is 0 Å². The van der Waals surface area contributed by atoms with E-state index in [2.05, 4.69) is 4.98 Å². The first-order chi connectivity index (χ1) is 7.91. The number of halogens is 1. The number of amides is 2. The van der Waals surface area contributed by atoms with Crippen LogP contribution in [0.2, 0.25) is 5.15 Å². The lowest BCUT2D eigenvalue weighted by atomic mass is 10.2. The molecule has 92 valence electrons. The summed E-state index contributed by atoms with van der Waals surface area (Å²) in [5, 5.41) is 0.235. The maximum absolute atomic E-state index is 12.1. The number of hydrogen-bond donors (Lipinski definition) is 1. The molecule has 0 spiro atoms. The van der Waals surface area contributed by atoms with Crippen LogP contribution in [-0.4, -0.2) is 34.3 Å². The molecule has 0 saturated heterocycles. The van der Waals surface area contributed by atoms with E-state index in [4.69, 9.17) is 17.3 Å². The number of nitrogens with two attached hydrogens (primary N) is 1. The molecule has 0 aliphatic rings. The van der Waals surface area contributed by atoms with Crippen LogP contribution in [-0.2, 0) is 4.79 Å². The Bertz CT molecular complexity index is 434. The van der Waals surface area contributed by atoms with Gasteiger partial charge in [0.1, 0.15) is 10.8 Å². The first-order valence-corrected chi connectivity index (χ1v) is 5.51. The highest BCUT2D eigenvalue weighted by atomic mass is 35.5. The van der Waals surface area contributed by atoms with Gasteiger partial charge in [0.2, 0.25) is 5.91 Å². The molecule has 1 heterocycles. The van der Waals surface area contributed by atoms with E-state index in [0.29, 0.717) is 0 Å². The highest BCUT2D eigenvalue weighted by Gasteiger charge is 2.21. The van der Waals surface area contributed by atoms with Crippen molar-refractivity contribution in [3.63, 3.8) is 0 Å². The molecular formula is C11H14ClN3O2. The van der Waals surface area contributed by atoms with E-state index in [0.717, 1.165) is 0 Å². The van der Waals surface area contributed by atoms with E-state index in [-0.39, 0.29) is 29.3 Å². The van der Waals surface area contributed by atoms with Gasteiger partial charge in [0.25, 0.3) is 5.91 Å². The fraction of sp³-hybridized carbons (Fsp3) is 0.364. The molecule has 2 N–H and O–H groups in total. The van der Waals surface area contributed by atoms with E-state index in [1.807, 2.05) is 0 Å². The Balaban J connectivity index is 2.95. The molecule has 0 aliphatic heterocycles. The van der Waals surface area contributed by atoms with Crippen molar-refractivity contribution >= 4 is 23.4 Å². The van der Waals surface area contributed by atoms with Gasteiger partial charge in [-0.2, -0.15) is 0 Å².